The number of hydrogen-bond donors (Lipinski definition) is 2. The second-order valence-electron chi connectivity index (χ2n) is 5.80. The number of nitrogens with one attached hydrogen (secondary N) is 2. The van der Waals surface area contributed by atoms with Crippen LogP contribution >= 0.6 is 12.4 Å². The molecule has 0 saturated carbocycles. The van der Waals surface area contributed by atoms with Crippen molar-refractivity contribution < 1.29 is 14.3 Å². The van der Waals surface area contributed by atoms with Crippen molar-refractivity contribution in [3.8, 4) is 5.75 Å². The smallest absolute Gasteiger partial charge is 0.220 e. The molecule has 1 aliphatic rings. The third kappa shape index (κ3) is 5.84. The first-order valence-electron chi connectivity index (χ1n) is 7.77. The summed E-state index contributed by atoms with van der Waals surface area (Å²) in [5, 5.41) is 6.35. The number of benzene rings is 1. The van der Waals surface area contributed by atoms with Gasteiger partial charge in [-0.3, -0.25) is 9.59 Å². The van der Waals surface area contributed by atoms with Gasteiger partial charge >= 0.3 is 0 Å². The summed E-state index contributed by atoms with van der Waals surface area (Å²) >= 11 is 0. The lowest BCUT2D eigenvalue weighted by Gasteiger charge is -2.30. The number of carbonyl (C=O) groups is 2. The summed E-state index contributed by atoms with van der Waals surface area (Å²) in [5.41, 5.74) is 0.615. The molecule has 0 spiro atoms. The number of piperidine rings is 1. The zero-order valence-electron chi connectivity index (χ0n) is 13.6. The van der Waals surface area contributed by atoms with Crippen molar-refractivity contribution in [3.63, 3.8) is 0 Å². The van der Waals surface area contributed by atoms with Crippen molar-refractivity contribution in [2.45, 2.75) is 32.2 Å². The Hall–Kier alpha value is -1.59. The lowest BCUT2D eigenvalue weighted by molar-refractivity contribution is -0.122. The molecular weight excluding hydrogens is 316 g/mol. The van der Waals surface area contributed by atoms with Gasteiger partial charge < -0.3 is 15.4 Å². The maximum Gasteiger partial charge on any atom is 0.220 e. The topological polar surface area (TPSA) is 67.4 Å². The molecule has 0 radical (unpaired) electrons. The van der Waals surface area contributed by atoms with Crippen LogP contribution in [0, 0.1) is 5.92 Å². The van der Waals surface area contributed by atoms with Crippen LogP contribution in [-0.4, -0.2) is 37.9 Å². The average Bonchev–Trinajstić information content (AvgIpc) is 2.55. The molecule has 6 heteroatoms. The number of Topliss-reactive ketones (excluding diaryl/α,β-unsaturated/α-hetero) is 1. The molecule has 1 fully saturated rings. The van der Waals surface area contributed by atoms with Crippen LogP contribution in [0.2, 0.25) is 0 Å². The van der Waals surface area contributed by atoms with E-state index in [2.05, 4.69) is 17.6 Å². The summed E-state index contributed by atoms with van der Waals surface area (Å²) in [7, 11) is 1.59. The molecule has 128 valence electrons. The van der Waals surface area contributed by atoms with Crippen molar-refractivity contribution in [1.82, 2.24) is 10.6 Å². The maximum absolute atomic E-state index is 12.1. The van der Waals surface area contributed by atoms with Gasteiger partial charge in [0.1, 0.15) is 5.75 Å². The quantitative estimate of drug-likeness (QED) is 0.779. The molecule has 23 heavy (non-hydrogen) atoms. The van der Waals surface area contributed by atoms with Crippen molar-refractivity contribution >= 4 is 24.1 Å². The van der Waals surface area contributed by atoms with Crippen molar-refractivity contribution in [1.29, 1.82) is 0 Å². The summed E-state index contributed by atoms with van der Waals surface area (Å²) in [4.78, 5) is 24.1. The highest BCUT2D eigenvalue weighted by atomic mass is 35.5. The first-order chi connectivity index (χ1) is 10.6. The van der Waals surface area contributed by atoms with Gasteiger partial charge in [0.25, 0.3) is 0 Å². The van der Waals surface area contributed by atoms with Crippen LogP contribution in [0.5, 0.6) is 5.75 Å². The van der Waals surface area contributed by atoms with E-state index in [4.69, 9.17) is 4.74 Å². The predicted molar refractivity (Wildman–Crippen MR) is 92.4 cm³/mol. The fourth-order valence-corrected chi connectivity index (χ4v) is 2.66. The highest BCUT2D eigenvalue weighted by Crippen LogP contribution is 2.14. The van der Waals surface area contributed by atoms with Gasteiger partial charge in [-0.1, -0.05) is 6.92 Å². The maximum atomic E-state index is 12.1. The van der Waals surface area contributed by atoms with E-state index in [1.807, 2.05) is 0 Å². The SMILES string of the molecule is COc1ccc(C(=O)CCC(=O)NC2CCNCC2C)cc1.Cl. The highest BCUT2D eigenvalue weighted by Gasteiger charge is 2.22. The average molecular weight is 341 g/mol. The standard InChI is InChI=1S/C17H24N2O3.ClH/c1-12-11-18-10-9-15(12)19-17(21)8-7-16(20)13-3-5-14(22-2)6-4-13;/h3-6,12,15,18H,7-11H2,1-2H3,(H,19,21);1H. The third-order valence-corrected chi connectivity index (χ3v) is 4.12. The van der Waals surface area contributed by atoms with E-state index in [9.17, 15) is 9.59 Å². The van der Waals surface area contributed by atoms with Gasteiger partial charge in [-0.25, -0.2) is 0 Å². The van der Waals surface area contributed by atoms with Gasteiger partial charge in [-0.15, -0.1) is 12.4 Å². The minimum atomic E-state index is -0.0411. The number of ether oxygens (including phenoxy) is 1. The number of hydrogen-bond acceptors (Lipinski definition) is 4. The van der Waals surface area contributed by atoms with Crippen LogP contribution < -0.4 is 15.4 Å². The molecule has 2 N–H and O–H groups in total. The first kappa shape index (κ1) is 19.5. The minimum Gasteiger partial charge on any atom is -0.497 e. The van der Waals surface area contributed by atoms with Gasteiger partial charge in [0, 0.05) is 24.4 Å². The van der Waals surface area contributed by atoms with Crippen LogP contribution in [0.4, 0.5) is 0 Å². The molecule has 1 heterocycles. The van der Waals surface area contributed by atoms with Crippen LogP contribution in [-0.2, 0) is 4.79 Å². The van der Waals surface area contributed by atoms with Crippen LogP contribution in [0.3, 0.4) is 0 Å². The molecule has 1 aromatic carbocycles. The van der Waals surface area contributed by atoms with E-state index in [-0.39, 0.29) is 43.0 Å². The summed E-state index contributed by atoms with van der Waals surface area (Å²) in [6.07, 6.45) is 1.42. The van der Waals surface area contributed by atoms with E-state index in [0.29, 0.717) is 17.2 Å². The van der Waals surface area contributed by atoms with Crippen LogP contribution in [0.25, 0.3) is 0 Å². The molecule has 5 nitrogen and oxygen atoms in total. The van der Waals surface area contributed by atoms with E-state index >= 15 is 0 Å². The summed E-state index contributed by atoms with van der Waals surface area (Å²) in [6.45, 7) is 3.98. The Morgan fingerprint density at radius 2 is 1.96 bits per heavy atom. The number of rotatable bonds is 6. The molecule has 0 aliphatic carbocycles. The molecular formula is C17H25ClN2O3. The lowest BCUT2D eigenvalue weighted by Crippen LogP contribution is -2.48. The Labute approximate surface area is 143 Å². The molecule has 2 rings (SSSR count). The van der Waals surface area contributed by atoms with E-state index in [0.717, 1.165) is 19.5 Å². The zero-order chi connectivity index (χ0) is 15.9. The number of halogens is 1. The molecule has 1 saturated heterocycles. The van der Waals surface area contributed by atoms with Crippen molar-refractivity contribution in [3.05, 3.63) is 29.8 Å². The van der Waals surface area contributed by atoms with E-state index < -0.39 is 0 Å². The number of ketones is 1. The first-order valence-corrected chi connectivity index (χ1v) is 7.77. The molecule has 1 aliphatic heterocycles. The molecule has 0 bridgehead atoms. The molecule has 0 aromatic heterocycles. The van der Waals surface area contributed by atoms with Crippen molar-refractivity contribution in [2.75, 3.05) is 20.2 Å². The third-order valence-electron chi connectivity index (χ3n) is 4.12. The zero-order valence-corrected chi connectivity index (χ0v) is 14.4. The predicted octanol–water partition coefficient (Wildman–Crippen LogP) is 2.19. The summed E-state index contributed by atoms with van der Waals surface area (Å²) in [6, 6.07) is 7.18. The second kappa shape index (κ2) is 9.53. The van der Waals surface area contributed by atoms with Crippen molar-refractivity contribution in [2.24, 2.45) is 5.92 Å². The summed E-state index contributed by atoms with van der Waals surface area (Å²) < 4.78 is 5.06. The number of carbonyl (C=O) groups excluding carboxylic acids is 2. The largest absolute Gasteiger partial charge is 0.497 e. The Morgan fingerprint density at radius 3 is 2.57 bits per heavy atom. The lowest BCUT2D eigenvalue weighted by atomic mass is 9.95. The number of methoxy groups -OCH3 is 1. The van der Waals surface area contributed by atoms with Gasteiger partial charge in [0.15, 0.2) is 5.78 Å². The van der Waals surface area contributed by atoms with E-state index in [1.165, 1.54) is 0 Å². The molecule has 2 atom stereocenters. The Bertz CT molecular complexity index is 519. The molecule has 2 unspecified atom stereocenters. The van der Waals surface area contributed by atoms with E-state index in [1.54, 1.807) is 31.4 Å². The Morgan fingerprint density at radius 1 is 1.26 bits per heavy atom. The van der Waals surface area contributed by atoms with Gasteiger partial charge in [-0.05, 0) is 49.7 Å². The number of amides is 1. The molecule has 1 aromatic rings. The highest BCUT2D eigenvalue weighted by molar-refractivity contribution is 5.98. The van der Waals surface area contributed by atoms with Gasteiger partial charge in [0.05, 0.1) is 7.11 Å². The normalized spacial score (nSPS) is 20.3. The van der Waals surface area contributed by atoms with Crippen LogP contribution in [0.1, 0.15) is 36.5 Å². The monoisotopic (exact) mass is 340 g/mol. The Kier molecular flexibility index (Phi) is 8.06. The molecule has 1 amide bonds. The Balaban J connectivity index is 0.00000264. The second-order valence-corrected chi connectivity index (χ2v) is 5.80. The fraction of sp³-hybridized carbons (Fsp3) is 0.529. The van der Waals surface area contributed by atoms with Gasteiger partial charge in [0.2, 0.25) is 5.91 Å². The van der Waals surface area contributed by atoms with Gasteiger partial charge in [-0.2, -0.15) is 0 Å². The summed E-state index contributed by atoms with van der Waals surface area (Å²) in [5.74, 6) is 1.08. The van der Waals surface area contributed by atoms with Crippen LogP contribution in [0.15, 0.2) is 24.3 Å². The fourth-order valence-electron chi connectivity index (χ4n) is 2.66. The minimum absolute atomic E-state index is 0.